The first-order valence-corrected chi connectivity index (χ1v) is 3.95. The van der Waals surface area contributed by atoms with Gasteiger partial charge < -0.3 is 11.5 Å². The predicted molar refractivity (Wildman–Crippen MR) is 53.1 cm³/mol. The molecule has 0 radical (unpaired) electrons. The van der Waals surface area contributed by atoms with Gasteiger partial charge in [-0.05, 0) is 24.6 Å². The van der Waals surface area contributed by atoms with E-state index in [-0.39, 0.29) is 0 Å². The molecule has 0 unspecified atom stereocenters. The quantitative estimate of drug-likeness (QED) is 0.586. The number of benzene rings is 1. The zero-order valence-electron chi connectivity index (χ0n) is 7.28. The Hall–Kier alpha value is -1.84. The molecule has 4 nitrogen and oxygen atoms in total. The van der Waals surface area contributed by atoms with E-state index in [1.54, 1.807) is 6.07 Å². The Balaban J connectivity index is 2.89. The Morgan fingerprint density at radius 1 is 1.15 bits per heavy atom. The lowest BCUT2D eigenvalue weighted by molar-refractivity contribution is 1.23. The largest absolute Gasteiger partial charge is 0.398 e. The lowest BCUT2D eigenvalue weighted by Gasteiger charge is -2.03. The van der Waals surface area contributed by atoms with Crippen LogP contribution in [0, 0.1) is 6.92 Å². The fraction of sp³-hybridized carbons (Fsp3) is 0.111. The number of nitrogens with zero attached hydrogens (tertiary/aromatic N) is 2. The topological polar surface area (TPSA) is 77.8 Å². The van der Waals surface area contributed by atoms with Gasteiger partial charge in [-0.1, -0.05) is 0 Å². The van der Waals surface area contributed by atoms with Crippen LogP contribution in [0.15, 0.2) is 18.5 Å². The molecule has 4 N–H and O–H groups in total. The van der Waals surface area contributed by atoms with Gasteiger partial charge >= 0.3 is 0 Å². The van der Waals surface area contributed by atoms with Crippen LogP contribution in [0.2, 0.25) is 0 Å². The third-order valence-electron chi connectivity index (χ3n) is 2.05. The van der Waals surface area contributed by atoms with Crippen molar-refractivity contribution >= 4 is 22.4 Å². The summed E-state index contributed by atoms with van der Waals surface area (Å²) < 4.78 is 0. The molecule has 1 aromatic heterocycles. The minimum absolute atomic E-state index is 0.469. The van der Waals surface area contributed by atoms with Crippen molar-refractivity contribution in [2.45, 2.75) is 6.92 Å². The molecule has 66 valence electrons. The highest BCUT2D eigenvalue weighted by Gasteiger charge is 2.02. The van der Waals surface area contributed by atoms with Crippen molar-refractivity contribution in [3.63, 3.8) is 0 Å². The maximum absolute atomic E-state index is 5.74. The lowest BCUT2D eigenvalue weighted by atomic mass is 10.1. The van der Waals surface area contributed by atoms with Crippen LogP contribution in [0.5, 0.6) is 0 Å². The Kier molecular flexibility index (Phi) is 1.55. The molecule has 2 aromatic rings. The molecule has 1 aromatic carbocycles. The number of rotatable bonds is 0. The zero-order chi connectivity index (χ0) is 9.42. The summed E-state index contributed by atoms with van der Waals surface area (Å²) in [7, 11) is 0. The number of hydrogen-bond acceptors (Lipinski definition) is 4. The Bertz CT molecular complexity index is 464. The molecule has 0 saturated carbocycles. The number of fused-ring (bicyclic) bond motifs is 1. The molecular formula is C9H10N4. The van der Waals surface area contributed by atoms with Gasteiger partial charge in [0.05, 0.1) is 5.52 Å². The Morgan fingerprint density at radius 3 is 2.69 bits per heavy atom. The third-order valence-corrected chi connectivity index (χ3v) is 2.05. The van der Waals surface area contributed by atoms with Gasteiger partial charge in [-0.15, -0.1) is 0 Å². The molecule has 0 saturated heterocycles. The molecule has 0 aliphatic heterocycles. The third kappa shape index (κ3) is 1.16. The van der Waals surface area contributed by atoms with E-state index in [4.69, 9.17) is 11.5 Å². The number of hydrogen-bond donors (Lipinski definition) is 2. The first-order valence-electron chi connectivity index (χ1n) is 3.95. The van der Waals surface area contributed by atoms with Crippen molar-refractivity contribution < 1.29 is 0 Å². The van der Waals surface area contributed by atoms with E-state index >= 15 is 0 Å². The fourth-order valence-corrected chi connectivity index (χ4v) is 1.24. The highest BCUT2D eigenvalue weighted by atomic mass is 14.9. The Labute approximate surface area is 75.6 Å². The summed E-state index contributed by atoms with van der Waals surface area (Å²) in [5, 5.41) is 0.811. The van der Waals surface area contributed by atoms with Crippen LogP contribution in [-0.4, -0.2) is 9.97 Å². The highest BCUT2D eigenvalue weighted by molar-refractivity contribution is 5.91. The molecule has 0 amide bonds. The summed E-state index contributed by atoms with van der Waals surface area (Å²) >= 11 is 0. The molecule has 0 spiro atoms. The minimum atomic E-state index is 0.469. The minimum Gasteiger partial charge on any atom is -0.398 e. The normalized spacial score (nSPS) is 10.5. The van der Waals surface area contributed by atoms with Gasteiger partial charge in [0.2, 0.25) is 0 Å². The standard InChI is InChI=1S/C9H10N4/c1-5-2-8-6(3-7(5)10)9(11)13-4-12-8/h2-4H,10H2,1H3,(H2,11,12,13). The van der Waals surface area contributed by atoms with Crippen LogP contribution in [0.25, 0.3) is 10.9 Å². The first kappa shape index (κ1) is 7.79. The van der Waals surface area contributed by atoms with Gasteiger partial charge in [0.1, 0.15) is 12.1 Å². The van der Waals surface area contributed by atoms with Crippen molar-refractivity contribution in [3.05, 3.63) is 24.0 Å². The fourth-order valence-electron chi connectivity index (χ4n) is 1.24. The molecule has 0 aliphatic carbocycles. The van der Waals surface area contributed by atoms with Crippen LogP contribution in [-0.2, 0) is 0 Å². The van der Waals surface area contributed by atoms with E-state index in [1.165, 1.54) is 6.33 Å². The predicted octanol–water partition coefficient (Wildman–Crippen LogP) is 1.10. The zero-order valence-corrected chi connectivity index (χ0v) is 7.28. The van der Waals surface area contributed by atoms with Gasteiger partial charge in [0.15, 0.2) is 0 Å². The van der Waals surface area contributed by atoms with Crippen LogP contribution in [0.3, 0.4) is 0 Å². The van der Waals surface area contributed by atoms with Crippen molar-refractivity contribution in [1.29, 1.82) is 0 Å². The van der Waals surface area contributed by atoms with Gasteiger partial charge in [0, 0.05) is 11.1 Å². The molecule has 0 bridgehead atoms. The monoisotopic (exact) mass is 174 g/mol. The molecule has 0 atom stereocenters. The lowest BCUT2D eigenvalue weighted by Crippen LogP contribution is -1.96. The average molecular weight is 174 g/mol. The first-order chi connectivity index (χ1) is 6.18. The average Bonchev–Trinajstić information content (AvgIpc) is 2.09. The number of anilines is 2. The maximum Gasteiger partial charge on any atom is 0.134 e. The second-order valence-electron chi connectivity index (χ2n) is 2.98. The molecule has 2 rings (SSSR count). The highest BCUT2D eigenvalue weighted by Crippen LogP contribution is 2.22. The number of nitrogens with two attached hydrogens (primary N) is 2. The van der Waals surface area contributed by atoms with E-state index < -0.39 is 0 Å². The summed E-state index contributed by atoms with van der Waals surface area (Å²) in [6, 6.07) is 3.71. The van der Waals surface area contributed by atoms with Gasteiger partial charge in [-0.2, -0.15) is 0 Å². The van der Waals surface area contributed by atoms with E-state index in [0.29, 0.717) is 11.5 Å². The molecule has 0 fully saturated rings. The summed E-state index contributed by atoms with van der Waals surface area (Å²) in [5.74, 6) is 0.469. The van der Waals surface area contributed by atoms with E-state index in [1.807, 2.05) is 13.0 Å². The van der Waals surface area contributed by atoms with Gasteiger partial charge in [-0.3, -0.25) is 0 Å². The Morgan fingerprint density at radius 2 is 1.92 bits per heavy atom. The molecular weight excluding hydrogens is 164 g/mol. The van der Waals surface area contributed by atoms with Crippen molar-refractivity contribution in [3.8, 4) is 0 Å². The smallest absolute Gasteiger partial charge is 0.134 e. The van der Waals surface area contributed by atoms with Crippen molar-refractivity contribution in [2.24, 2.45) is 0 Å². The van der Waals surface area contributed by atoms with Gasteiger partial charge in [0.25, 0.3) is 0 Å². The summed E-state index contributed by atoms with van der Waals surface area (Å²) in [4.78, 5) is 7.99. The SMILES string of the molecule is Cc1cc2ncnc(N)c2cc1N. The molecule has 13 heavy (non-hydrogen) atoms. The van der Waals surface area contributed by atoms with Crippen LogP contribution in [0.1, 0.15) is 5.56 Å². The second-order valence-corrected chi connectivity index (χ2v) is 2.98. The van der Waals surface area contributed by atoms with Gasteiger partial charge in [-0.25, -0.2) is 9.97 Å². The molecule has 4 heteroatoms. The number of nitrogen functional groups attached to an aromatic ring is 2. The van der Waals surface area contributed by atoms with E-state index in [2.05, 4.69) is 9.97 Å². The van der Waals surface area contributed by atoms with Crippen LogP contribution in [0.4, 0.5) is 11.5 Å². The maximum atomic E-state index is 5.74. The van der Waals surface area contributed by atoms with Crippen molar-refractivity contribution in [1.82, 2.24) is 9.97 Å². The summed E-state index contributed by atoms with van der Waals surface area (Å²) in [5.41, 5.74) is 14.0. The summed E-state index contributed by atoms with van der Waals surface area (Å²) in [6.07, 6.45) is 1.45. The second kappa shape index (κ2) is 2.58. The van der Waals surface area contributed by atoms with Crippen LogP contribution < -0.4 is 11.5 Å². The number of aromatic nitrogens is 2. The van der Waals surface area contributed by atoms with E-state index in [0.717, 1.165) is 16.5 Å². The van der Waals surface area contributed by atoms with Crippen molar-refractivity contribution in [2.75, 3.05) is 11.5 Å². The molecule has 1 heterocycles. The van der Waals surface area contributed by atoms with E-state index in [9.17, 15) is 0 Å². The summed E-state index contributed by atoms with van der Waals surface area (Å²) in [6.45, 7) is 1.94. The van der Waals surface area contributed by atoms with Crippen LogP contribution >= 0.6 is 0 Å². The number of aryl methyl sites for hydroxylation is 1. The molecule has 0 aliphatic rings.